The number of carbonyl (C=O) groups excluding carboxylic acids is 1. The van der Waals surface area contributed by atoms with Gasteiger partial charge < -0.3 is 9.64 Å². The van der Waals surface area contributed by atoms with E-state index >= 15 is 0 Å². The molecule has 2 rings (SSSR count). The van der Waals surface area contributed by atoms with Crippen LogP contribution in [-0.4, -0.2) is 51.8 Å². The monoisotopic (exact) mass is 325 g/mol. The molecule has 0 aromatic heterocycles. The van der Waals surface area contributed by atoms with Crippen molar-refractivity contribution in [3.05, 3.63) is 29.8 Å². The van der Waals surface area contributed by atoms with Gasteiger partial charge in [-0.15, -0.1) is 0 Å². The third kappa shape index (κ3) is 4.55. The van der Waals surface area contributed by atoms with Gasteiger partial charge in [-0.3, -0.25) is 4.79 Å². The molecule has 0 aliphatic carbocycles. The molecule has 1 unspecified atom stereocenters. The second-order valence-corrected chi connectivity index (χ2v) is 7.82. The molecule has 1 aromatic rings. The minimum Gasteiger partial charge on any atom is -0.378 e. The summed E-state index contributed by atoms with van der Waals surface area (Å²) >= 11 is 0. The van der Waals surface area contributed by atoms with Crippen molar-refractivity contribution in [3.8, 4) is 0 Å². The molecule has 0 saturated carbocycles. The van der Waals surface area contributed by atoms with E-state index in [-0.39, 0.29) is 16.9 Å². The fourth-order valence-electron chi connectivity index (χ4n) is 2.55. The van der Waals surface area contributed by atoms with Gasteiger partial charge in [0.1, 0.15) is 0 Å². The number of rotatable bonds is 5. The Morgan fingerprint density at radius 2 is 2.14 bits per heavy atom. The second kappa shape index (κ2) is 7.24. The highest BCUT2D eigenvalue weighted by molar-refractivity contribution is 7.90. The Kier molecular flexibility index (Phi) is 5.58. The molecule has 5 nitrogen and oxygen atoms in total. The molecular formula is C16H23NO4S. The van der Waals surface area contributed by atoms with Crippen molar-refractivity contribution in [2.24, 2.45) is 0 Å². The van der Waals surface area contributed by atoms with Crippen LogP contribution in [0, 0.1) is 0 Å². The lowest BCUT2D eigenvalue weighted by atomic mass is 10.1. The van der Waals surface area contributed by atoms with E-state index in [4.69, 9.17) is 4.74 Å². The summed E-state index contributed by atoms with van der Waals surface area (Å²) in [6.07, 6.45) is 5.52. The van der Waals surface area contributed by atoms with E-state index in [1.807, 2.05) is 0 Å². The van der Waals surface area contributed by atoms with Crippen LogP contribution in [0.5, 0.6) is 0 Å². The van der Waals surface area contributed by atoms with E-state index in [0.717, 1.165) is 32.1 Å². The van der Waals surface area contributed by atoms with Crippen molar-refractivity contribution in [1.29, 1.82) is 0 Å². The zero-order valence-electron chi connectivity index (χ0n) is 13.1. The number of hydrogen-bond donors (Lipinski definition) is 0. The Bertz CT molecular complexity index is 621. The van der Waals surface area contributed by atoms with E-state index < -0.39 is 9.84 Å². The molecule has 1 atom stereocenters. The van der Waals surface area contributed by atoms with Crippen LogP contribution in [0.3, 0.4) is 0 Å². The van der Waals surface area contributed by atoms with Gasteiger partial charge in [0, 0.05) is 32.0 Å². The van der Waals surface area contributed by atoms with Crippen LogP contribution in [0.1, 0.15) is 36.0 Å². The van der Waals surface area contributed by atoms with Crippen molar-refractivity contribution in [3.63, 3.8) is 0 Å². The van der Waals surface area contributed by atoms with Gasteiger partial charge in [0.15, 0.2) is 9.84 Å². The molecule has 1 saturated heterocycles. The molecule has 1 heterocycles. The molecular weight excluding hydrogens is 302 g/mol. The molecule has 122 valence electrons. The molecule has 0 radical (unpaired) electrons. The highest BCUT2D eigenvalue weighted by Gasteiger charge is 2.18. The first-order valence-corrected chi connectivity index (χ1v) is 9.44. The molecule has 1 aromatic carbocycles. The summed E-state index contributed by atoms with van der Waals surface area (Å²) in [4.78, 5) is 14.2. The van der Waals surface area contributed by atoms with Gasteiger partial charge in [0.2, 0.25) is 0 Å². The number of ether oxygens (including phenoxy) is 1. The van der Waals surface area contributed by atoms with E-state index in [1.54, 1.807) is 24.1 Å². The number of amides is 1. The molecule has 22 heavy (non-hydrogen) atoms. The first-order valence-electron chi connectivity index (χ1n) is 7.55. The van der Waals surface area contributed by atoms with Gasteiger partial charge in [-0.1, -0.05) is 6.07 Å². The first-order chi connectivity index (χ1) is 10.4. The van der Waals surface area contributed by atoms with Gasteiger partial charge in [-0.2, -0.15) is 0 Å². The Hall–Kier alpha value is -1.40. The van der Waals surface area contributed by atoms with Crippen LogP contribution >= 0.6 is 0 Å². The molecule has 1 aliphatic heterocycles. The molecule has 1 aliphatic rings. The van der Waals surface area contributed by atoms with Crippen molar-refractivity contribution in [2.45, 2.75) is 36.7 Å². The third-order valence-electron chi connectivity index (χ3n) is 3.92. The maximum Gasteiger partial charge on any atom is 0.253 e. The maximum atomic E-state index is 12.4. The Morgan fingerprint density at radius 3 is 2.77 bits per heavy atom. The lowest BCUT2D eigenvalue weighted by Gasteiger charge is -2.25. The zero-order chi connectivity index (χ0) is 16.2. The van der Waals surface area contributed by atoms with Gasteiger partial charge in [0.25, 0.3) is 5.91 Å². The van der Waals surface area contributed by atoms with Gasteiger partial charge >= 0.3 is 0 Å². The number of benzene rings is 1. The molecule has 1 fully saturated rings. The lowest BCUT2D eigenvalue weighted by molar-refractivity contribution is 0.00709. The summed E-state index contributed by atoms with van der Waals surface area (Å²) in [7, 11) is -1.57. The summed E-state index contributed by atoms with van der Waals surface area (Å²) in [5.74, 6) is -0.165. The fraction of sp³-hybridized carbons (Fsp3) is 0.562. The van der Waals surface area contributed by atoms with Crippen molar-refractivity contribution in [2.75, 3.05) is 26.5 Å². The van der Waals surface area contributed by atoms with Crippen LogP contribution in [-0.2, 0) is 14.6 Å². The van der Waals surface area contributed by atoms with Crippen molar-refractivity contribution < 1.29 is 17.9 Å². The SMILES string of the molecule is CN(CCC1CCCCO1)C(=O)c1cccc(S(C)(=O)=O)c1. The molecule has 6 heteroatoms. The summed E-state index contributed by atoms with van der Waals surface area (Å²) in [5, 5.41) is 0. The topological polar surface area (TPSA) is 63.7 Å². The molecule has 0 bridgehead atoms. The van der Waals surface area contributed by atoms with Crippen molar-refractivity contribution in [1.82, 2.24) is 4.90 Å². The van der Waals surface area contributed by atoms with E-state index in [0.29, 0.717) is 12.1 Å². The fourth-order valence-corrected chi connectivity index (χ4v) is 3.22. The maximum absolute atomic E-state index is 12.4. The van der Waals surface area contributed by atoms with Crippen LogP contribution in [0.15, 0.2) is 29.2 Å². The average molecular weight is 325 g/mol. The summed E-state index contributed by atoms with van der Waals surface area (Å²) in [6, 6.07) is 6.18. The molecule has 0 spiro atoms. The van der Waals surface area contributed by atoms with Crippen LogP contribution in [0.2, 0.25) is 0 Å². The number of carbonyl (C=O) groups is 1. The highest BCUT2D eigenvalue weighted by Crippen LogP contribution is 2.17. The minimum absolute atomic E-state index is 0.165. The Balaban J connectivity index is 1.98. The standard InChI is InChI=1S/C16H23NO4S/c1-17(10-9-14-7-3-4-11-21-14)16(18)13-6-5-8-15(12-13)22(2,19)20/h5-6,8,12,14H,3-4,7,9-11H2,1-2H3. The van der Waals surface area contributed by atoms with E-state index in [2.05, 4.69) is 0 Å². The summed E-state index contributed by atoms with van der Waals surface area (Å²) in [5.41, 5.74) is 0.398. The number of nitrogens with zero attached hydrogens (tertiary/aromatic N) is 1. The quantitative estimate of drug-likeness (QED) is 0.832. The normalized spacial score (nSPS) is 18.9. The third-order valence-corrected chi connectivity index (χ3v) is 5.03. The summed E-state index contributed by atoms with van der Waals surface area (Å²) < 4.78 is 28.8. The predicted molar refractivity (Wildman–Crippen MR) is 84.7 cm³/mol. The molecule has 0 N–H and O–H groups in total. The smallest absolute Gasteiger partial charge is 0.253 e. The molecule has 1 amide bonds. The van der Waals surface area contributed by atoms with Crippen LogP contribution in [0.4, 0.5) is 0 Å². The van der Waals surface area contributed by atoms with E-state index in [1.165, 1.54) is 18.6 Å². The first kappa shape index (κ1) is 17.0. The predicted octanol–water partition coefficient (Wildman–Crippen LogP) is 2.12. The van der Waals surface area contributed by atoms with Gasteiger partial charge in [-0.25, -0.2) is 8.42 Å². The minimum atomic E-state index is -3.30. The highest BCUT2D eigenvalue weighted by atomic mass is 32.2. The average Bonchev–Trinajstić information content (AvgIpc) is 2.52. The number of sulfone groups is 1. The zero-order valence-corrected chi connectivity index (χ0v) is 13.9. The lowest BCUT2D eigenvalue weighted by Crippen LogP contribution is -2.31. The van der Waals surface area contributed by atoms with E-state index in [9.17, 15) is 13.2 Å². The Labute approximate surface area is 132 Å². The van der Waals surface area contributed by atoms with Crippen LogP contribution in [0.25, 0.3) is 0 Å². The van der Waals surface area contributed by atoms with Gasteiger partial charge in [-0.05, 0) is 43.9 Å². The summed E-state index contributed by atoms with van der Waals surface area (Å²) in [6.45, 7) is 1.41. The number of hydrogen-bond acceptors (Lipinski definition) is 4. The Morgan fingerprint density at radius 1 is 1.36 bits per heavy atom. The largest absolute Gasteiger partial charge is 0.378 e. The second-order valence-electron chi connectivity index (χ2n) is 5.80. The van der Waals surface area contributed by atoms with Gasteiger partial charge in [0.05, 0.1) is 11.0 Å². The van der Waals surface area contributed by atoms with Crippen LogP contribution < -0.4 is 0 Å². The van der Waals surface area contributed by atoms with Crippen molar-refractivity contribution >= 4 is 15.7 Å².